The molecule has 27 heavy (non-hydrogen) atoms. The van der Waals surface area contributed by atoms with Crippen LogP contribution in [0.25, 0.3) is 0 Å². The fourth-order valence-corrected chi connectivity index (χ4v) is 5.13. The minimum absolute atomic E-state index is 0. The van der Waals surface area contributed by atoms with Gasteiger partial charge >= 0.3 is 0 Å². The maximum Gasteiger partial charge on any atom is 0.222 e. The number of piperidine rings is 1. The quantitative estimate of drug-likeness (QED) is 0.728. The van der Waals surface area contributed by atoms with Crippen LogP contribution in [0, 0.1) is 17.8 Å². The van der Waals surface area contributed by atoms with Crippen LogP contribution in [0.1, 0.15) is 65.2 Å². The van der Waals surface area contributed by atoms with Crippen LogP contribution in [-0.4, -0.2) is 61.0 Å². The highest BCUT2D eigenvalue weighted by atomic mass is 35.5. The molecule has 3 rings (SSSR count). The van der Waals surface area contributed by atoms with Crippen molar-refractivity contribution in [1.82, 2.24) is 15.1 Å². The Morgan fingerprint density at radius 2 is 1.52 bits per heavy atom. The molecule has 0 atom stereocenters. The molecule has 0 aromatic heterocycles. The Morgan fingerprint density at radius 3 is 2.07 bits per heavy atom. The summed E-state index contributed by atoms with van der Waals surface area (Å²) in [7, 11) is 0. The van der Waals surface area contributed by atoms with Crippen molar-refractivity contribution in [3.05, 3.63) is 0 Å². The summed E-state index contributed by atoms with van der Waals surface area (Å²) in [6.45, 7) is 11.1. The summed E-state index contributed by atoms with van der Waals surface area (Å²) in [5.74, 6) is 2.95. The van der Waals surface area contributed by atoms with Crippen molar-refractivity contribution in [2.24, 2.45) is 17.8 Å². The molecule has 0 radical (unpaired) electrons. The fraction of sp³-hybridized carbons (Fsp3) is 0.952. The van der Waals surface area contributed by atoms with Gasteiger partial charge in [0.1, 0.15) is 0 Å². The van der Waals surface area contributed by atoms with Gasteiger partial charge < -0.3 is 10.2 Å². The van der Waals surface area contributed by atoms with E-state index in [9.17, 15) is 4.79 Å². The van der Waals surface area contributed by atoms with Gasteiger partial charge in [0.05, 0.1) is 0 Å². The molecular weight excluding hydrogens is 381 g/mol. The fourth-order valence-electron chi connectivity index (χ4n) is 5.13. The average Bonchev–Trinajstić information content (AvgIpc) is 2.67. The molecular formula is C21H41Cl2N3O. The number of halogens is 2. The molecule has 0 unspecified atom stereocenters. The van der Waals surface area contributed by atoms with Crippen molar-refractivity contribution in [2.45, 2.75) is 71.3 Å². The molecule has 2 heterocycles. The van der Waals surface area contributed by atoms with Gasteiger partial charge in [-0.1, -0.05) is 13.8 Å². The number of carbonyl (C=O) groups is 1. The van der Waals surface area contributed by atoms with E-state index in [4.69, 9.17) is 0 Å². The molecule has 3 fully saturated rings. The molecule has 0 aromatic carbocycles. The highest BCUT2D eigenvalue weighted by Gasteiger charge is 2.30. The summed E-state index contributed by atoms with van der Waals surface area (Å²) in [6, 6.07) is 0.780. The number of carbonyl (C=O) groups excluding carboxylic acids is 1. The predicted molar refractivity (Wildman–Crippen MR) is 118 cm³/mol. The lowest BCUT2D eigenvalue weighted by Gasteiger charge is -2.42. The highest BCUT2D eigenvalue weighted by molar-refractivity contribution is 5.85. The molecule has 0 spiro atoms. The summed E-state index contributed by atoms with van der Waals surface area (Å²) >= 11 is 0. The number of nitrogens with zero attached hydrogens (tertiary/aromatic N) is 2. The first-order valence-corrected chi connectivity index (χ1v) is 10.9. The number of hydrogen-bond acceptors (Lipinski definition) is 3. The lowest BCUT2D eigenvalue weighted by atomic mass is 9.79. The van der Waals surface area contributed by atoms with Crippen molar-refractivity contribution in [3.8, 4) is 0 Å². The zero-order valence-corrected chi connectivity index (χ0v) is 19.0. The molecule has 1 N–H and O–H groups in total. The monoisotopic (exact) mass is 421 g/mol. The summed E-state index contributed by atoms with van der Waals surface area (Å²) < 4.78 is 0. The molecule has 1 amide bonds. The third-order valence-corrected chi connectivity index (χ3v) is 7.09. The van der Waals surface area contributed by atoms with Crippen LogP contribution in [0.15, 0.2) is 0 Å². The molecule has 1 aliphatic carbocycles. The van der Waals surface area contributed by atoms with Gasteiger partial charge in [-0.05, 0) is 75.8 Å². The Bertz CT molecular complexity index is 414. The molecule has 0 bridgehead atoms. The second-order valence-electron chi connectivity index (χ2n) is 8.96. The van der Waals surface area contributed by atoms with E-state index in [1.54, 1.807) is 0 Å². The standard InChI is InChI=1S/C21H39N3O.2ClH/c1-17(2)19-4-6-20(7-5-19)23-13-15-24(16-14-23)21(25)8-3-18-9-11-22-12-10-18;;/h17-20,22H,3-16H2,1-2H3;2*1H. The average molecular weight is 422 g/mol. The number of hydrogen-bond donors (Lipinski definition) is 1. The zero-order valence-electron chi connectivity index (χ0n) is 17.3. The molecule has 2 aliphatic heterocycles. The normalized spacial score (nSPS) is 27.7. The van der Waals surface area contributed by atoms with Gasteiger partial charge in [-0.2, -0.15) is 0 Å². The van der Waals surface area contributed by atoms with Crippen LogP contribution in [0.5, 0.6) is 0 Å². The number of nitrogens with one attached hydrogen (secondary N) is 1. The third kappa shape index (κ3) is 7.38. The van der Waals surface area contributed by atoms with Gasteiger partial charge in [0.2, 0.25) is 5.91 Å². The van der Waals surface area contributed by atoms with E-state index >= 15 is 0 Å². The van der Waals surface area contributed by atoms with Crippen LogP contribution in [0.2, 0.25) is 0 Å². The van der Waals surface area contributed by atoms with Crippen LogP contribution < -0.4 is 5.32 Å². The summed E-state index contributed by atoms with van der Waals surface area (Å²) in [4.78, 5) is 17.3. The van der Waals surface area contributed by atoms with Gasteiger partial charge in [0.25, 0.3) is 0 Å². The maximum atomic E-state index is 12.5. The topological polar surface area (TPSA) is 35.6 Å². The minimum atomic E-state index is 0. The van der Waals surface area contributed by atoms with Crippen LogP contribution in [-0.2, 0) is 4.79 Å². The van der Waals surface area contributed by atoms with Gasteiger partial charge in [-0.15, -0.1) is 24.8 Å². The molecule has 160 valence electrons. The van der Waals surface area contributed by atoms with Gasteiger partial charge in [-0.3, -0.25) is 9.69 Å². The van der Waals surface area contributed by atoms with Crippen molar-refractivity contribution < 1.29 is 4.79 Å². The predicted octanol–water partition coefficient (Wildman–Crippen LogP) is 3.97. The highest BCUT2D eigenvalue weighted by Crippen LogP contribution is 2.32. The van der Waals surface area contributed by atoms with Gasteiger partial charge in [0.15, 0.2) is 0 Å². The van der Waals surface area contributed by atoms with E-state index in [2.05, 4.69) is 29.0 Å². The first-order chi connectivity index (χ1) is 12.1. The maximum absolute atomic E-state index is 12.5. The van der Waals surface area contributed by atoms with E-state index in [0.717, 1.165) is 75.9 Å². The SMILES string of the molecule is CC(C)C1CCC(N2CCN(C(=O)CCC3CCNCC3)CC2)CC1.Cl.Cl. The molecule has 1 saturated carbocycles. The Kier molecular flexibility index (Phi) is 11.6. The summed E-state index contributed by atoms with van der Waals surface area (Å²) in [5, 5.41) is 3.41. The van der Waals surface area contributed by atoms with E-state index in [1.165, 1.54) is 38.5 Å². The van der Waals surface area contributed by atoms with E-state index in [1.807, 2.05) is 0 Å². The summed E-state index contributed by atoms with van der Waals surface area (Å²) in [5.41, 5.74) is 0. The first kappa shape index (κ1) is 25.0. The van der Waals surface area contributed by atoms with Gasteiger partial charge in [-0.25, -0.2) is 0 Å². The Labute approximate surface area is 179 Å². The van der Waals surface area contributed by atoms with Crippen LogP contribution >= 0.6 is 24.8 Å². The van der Waals surface area contributed by atoms with Crippen molar-refractivity contribution in [3.63, 3.8) is 0 Å². The van der Waals surface area contributed by atoms with E-state index < -0.39 is 0 Å². The molecule has 0 aromatic rings. The molecule has 4 nitrogen and oxygen atoms in total. The Balaban J connectivity index is 0.00000182. The second kappa shape index (κ2) is 12.5. The van der Waals surface area contributed by atoms with Crippen molar-refractivity contribution >= 4 is 30.7 Å². The number of amides is 1. The first-order valence-electron chi connectivity index (χ1n) is 10.9. The zero-order chi connectivity index (χ0) is 17.6. The Hall–Kier alpha value is -0.0300. The van der Waals surface area contributed by atoms with Crippen LogP contribution in [0.4, 0.5) is 0 Å². The Morgan fingerprint density at radius 1 is 0.926 bits per heavy atom. The molecule has 3 aliphatic rings. The van der Waals surface area contributed by atoms with Crippen molar-refractivity contribution in [1.29, 1.82) is 0 Å². The lowest BCUT2D eigenvalue weighted by molar-refractivity contribution is -0.133. The number of rotatable bonds is 5. The third-order valence-electron chi connectivity index (χ3n) is 7.09. The van der Waals surface area contributed by atoms with Gasteiger partial charge in [0, 0.05) is 38.6 Å². The lowest BCUT2D eigenvalue weighted by Crippen LogP contribution is -2.52. The van der Waals surface area contributed by atoms with Crippen molar-refractivity contribution in [2.75, 3.05) is 39.3 Å². The largest absolute Gasteiger partial charge is 0.340 e. The molecule has 6 heteroatoms. The summed E-state index contributed by atoms with van der Waals surface area (Å²) in [6.07, 6.45) is 9.90. The smallest absolute Gasteiger partial charge is 0.222 e. The molecule has 2 saturated heterocycles. The van der Waals surface area contributed by atoms with E-state index in [-0.39, 0.29) is 24.8 Å². The van der Waals surface area contributed by atoms with E-state index in [0.29, 0.717) is 5.91 Å². The second-order valence-corrected chi connectivity index (χ2v) is 8.96. The van der Waals surface area contributed by atoms with Crippen LogP contribution in [0.3, 0.4) is 0 Å². The minimum Gasteiger partial charge on any atom is -0.340 e. The number of piperazine rings is 1.